The third-order valence-electron chi connectivity index (χ3n) is 4.23. The van der Waals surface area contributed by atoms with Crippen LogP contribution in [0, 0.1) is 10.8 Å². The van der Waals surface area contributed by atoms with E-state index < -0.39 is 0 Å². The van der Waals surface area contributed by atoms with Crippen molar-refractivity contribution in [3.63, 3.8) is 0 Å². The second-order valence-corrected chi connectivity index (χ2v) is 6.34. The lowest BCUT2D eigenvalue weighted by atomic mass is 10.0. The predicted octanol–water partition coefficient (Wildman–Crippen LogP) is 2.37. The zero-order valence-electron chi connectivity index (χ0n) is 10.5. The van der Waals surface area contributed by atoms with Gasteiger partial charge in [-0.05, 0) is 26.8 Å². The highest BCUT2D eigenvalue weighted by Gasteiger charge is 2.65. The van der Waals surface area contributed by atoms with Crippen LogP contribution in [0.4, 0.5) is 11.6 Å². The number of hydrogen-bond acceptors (Lipinski definition) is 5. The van der Waals surface area contributed by atoms with Crippen LogP contribution in [0.5, 0.6) is 0 Å². The maximum atomic E-state index is 5.37. The molecular weight excluding hydrogens is 282 g/mol. The first kappa shape index (κ1) is 12.6. The summed E-state index contributed by atoms with van der Waals surface area (Å²) in [5.74, 6) is 6.73. The van der Waals surface area contributed by atoms with Crippen LogP contribution >= 0.6 is 15.9 Å². The standard InChI is InChI=1S/C11H18BrN5/c1-10(2)9(11(10,3)4)16-7-6(12)8(17-13)15-5-14-7/h5,9H,13H2,1-4H3,(H2,14,15,16,17). The molecule has 6 heteroatoms. The number of aromatic nitrogens is 2. The number of nitrogen functional groups attached to an aromatic ring is 1. The van der Waals surface area contributed by atoms with Crippen LogP contribution in [0.15, 0.2) is 10.8 Å². The summed E-state index contributed by atoms with van der Waals surface area (Å²) in [5.41, 5.74) is 3.05. The summed E-state index contributed by atoms with van der Waals surface area (Å²) in [4.78, 5) is 8.26. The summed E-state index contributed by atoms with van der Waals surface area (Å²) >= 11 is 3.44. The summed E-state index contributed by atoms with van der Waals surface area (Å²) < 4.78 is 0.765. The van der Waals surface area contributed by atoms with E-state index in [-0.39, 0.29) is 10.8 Å². The first-order valence-electron chi connectivity index (χ1n) is 5.56. The van der Waals surface area contributed by atoms with E-state index in [1.807, 2.05) is 0 Å². The van der Waals surface area contributed by atoms with Crippen molar-refractivity contribution in [3.8, 4) is 0 Å². The van der Waals surface area contributed by atoms with E-state index in [1.54, 1.807) is 0 Å². The molecule has 0 aliphatic heterocycles. The number of rotatable bonds is 3. The number of halogens is 1. The van der Waals surface area contributed by atoms with Gasteiger partial charge in [-0.15, -0.1) is 0 Å². The van der Waals surface area contributed by atoms with E-state index in [0.29, 0.717) is 11.9 Å². The van der Waals surface area contributed by atoms with Crippen molar-refractivity contribution in [2.75, 3.05) is 10.7 Å². The third-order valence-corrected chi connectivity index (χ3v) is 4.98. The average molecular weight is 300 g/mol. The Bertz CT molecular complexity index is 429. The van der Waals surface area contributed by atoms with Gasteiger partial charge < -0.3 is 10.7 Å². The van der Waals surface area contributed by atoms with Crippen LogP contribution < -0.4 is 16.6 Å². The molecule has 4 N–H and O–H groups in total. The fraction of sp³-hybridized carbons (Fsp3) is 0.636. The highest BCUT2D eigenvalue weighted by molar-refractivity contribution is 9.10. The van der Waals surface area contributed by atoms with Gasteiger partial charge in [0.25, 0.3) is 0 Å². The summed E-state index contributed by atoms with van der Waals surface area (Å²) in [5, 5.41) is 3.45. The van der Waals surface area contributed by atoms with Gasteiger partial charge in [0.15, 0.2) is 5.82 Å². The summed E-state index contributed by atoms with van der Waals surface area (Å²) in [6, 6.07) is 0.395. The fourth-order valence-electron chi connectivity index (χ4n) is 2.27. The van der Waals surface area contributed by atoms with Crippen molar-refractivity contribution in [1.29, 1.82) is 0 Å². The highest BCUT2D eigenvalue weighted by atomic mass is 79.9. The van der Waals surface area contributed by atoms with Crippen molar-refractivity contribution in [1.82, 2.24) is 9.97 Å². The van der Waals surface area contributed by atoms with E-state index in [2.05, 4.69) is 64.3 Å². The molecule has 0 spiro atoms. The van der Waals surface area contributed by atoms with Gasteiger partial charge in [-0.25, -0.2) is 15.8 Å². The first-order valence-corrected chi connectivity index (χ1v) is 6.35. The Morgan fingerprint density at radius 1 is 1.18 bits per heavy atom. The van der Waals surface area contributed by atoms with Crippen molar-refractivity contribution in [2.24, 2.45) is 16.7 Å². The number of anilines is 2. The van der Waals surface area contributed by atoms with Crippen molar-refractivity contribution in [2.45, 2.75) is 33.7 Å². The van der Waals surface area contributed by atoms with Gasteiger partial charge >= 0.3 is 0 Å². The van der Waals surface area contributed by atoms with Crippen molar-refractivity contribution >= 4 is 27.6 Å². The fourth-order valence-corrected chi connectivity index (χ4v) is 2.70. The summed E-state index contributed by atoms with van der Waals surface area (Å²) in [6.45, 7) is 9.01. The topological polar surface area (TPSA) is 75.9 Å². The molecule has 2 rings (SSSR count). The van der Waals surface area contributed by atoms with Gasteiger partial charge in [-0.1, -0.05) is 27.7 Å². The lowest BCUT2D eigenvalue weighted by molar-refractivity contribution is 0.457. The van der Waals surface area contributed by atoms with Gasteiger partial charge in [-0.3, -0.25) is 0 Å². The van der Waals surface area contributed by atoms with Gasteiger partial charge in [0, 0.05) is 6.04 Å². The first-order chi connectivity index (χ1) is 7.82. The van der Waals surface area contributed by atoms with Crippen molar-refractivity contribution in [3.05, 3.63) is 10.8 Å². The molecule has 1 heterocycles. The highest BCUT2D eigenvalue weighted by Crippen LogP contribution is 2.63. The zero-order chi connectivity index (χ0) is 12.8. The van der Waals surface area contributed by atoms with Crippen LogP contribution in [0.3, 0.4) is 0 Å². The molecule has 17 heavy (non-hydrogen) atoms. The lowest BCUT2D eigenvalue weighted by Gasteiger charge is -2.11. The van der Waals surface area contributed by atoms with Crippen LogP contribution in [-0.4, -0.2) is 16.0 Å². The molecule has 0 unspecified atom stereocenters. The zero-order valence-corrected chi connectivity index (χ0v) is 12.1. The molecule has 1 aromatic rings. The Labute approximate surface area is 110 Å². The smallest absolute Gasteiger partial charge is 0.159 e. The van der Waals surface area contributed by atoms with Crippen LogP contribution in [-0.2, 0) is 0 Å². The SMILES string of the molecule is CC1(C)C(Nc2ncnc(NN)c2Br)C1(C)C. The maximum Gasteiger partial charge on any atom is 0.159 e. The largest absolute Gasteiger partial charge is 0.365 e. The minimum absolute atomic E-state index is 0.258. The quantitative estimate of drug-likeness (QED) is 0.590. The second kappa shape index (κ2) is 3.81. The maximum absolute atomic E-state index is 5.37. The minimum Gasteiger partial charge on any atom is -0.365 e. The van der Waals surface area contributed by atoms with Gasteiger partial charge in [-0.2, -0.15) is 0 Å². The minimum atomic E-state index is 0.258. The van der Waals surface area contributed by atoms with E-state index >= 15 is 0 Å². The Kier molecular flexibility index (Phi) is 2.82. The van der Waals surface area contributed by atoms with Crippen LogP contribution in [0.2, 0.25) is 0 Å². The number of nitrogens with zero attached hydrogens (tertiary/aromatic N) is 2. The molecule has 0 saturated heterocycles. The molecule has 0 aromatic carbocycles. The summed E-state index contributed by atoms with van der Waals surface area (Å²) in [6.07, 6.45) is 1.49. The second-order valence-electron chi connectivity index (χ2n) is 5.55. The number of hydrazine groups is 1. The van der Waals surface area contributed by atoms with Gasteiger partial charge in [0.1, 0.15) is 16.6 Å². The molecule has 1 saturated carbocycles. The molecule has 0 radical (unpaired) electrons. The number of nitrogens with two attached hydrogens (primary N) is 1. The monoisotopic (exact) mass is 299 g/mol. The number of nitrogens with one attached hydrogen (secondary N) is 2. The Morgan fingerprint density at radius 2 is 1.71 bits per heavy atom. The van der Waals surface area contributed by atoms with E-state index in [1.165, 1.54) is 6.33 Å². The molecule has 1 aliphatic carbocycles. The third kappa shape index (κ3) is 1.79. The van der Waals surface area contributed by atoms with E-state index in [9.17, 15) is 0 Å². The lowest BCUT2D eigenvalue weighted by Crippen LogP contribution is -2.15. The molecule has 94 valence electrons. The average Bonchev–Trinajstić information content (AvgIpc) is 2.63. The number of hydrogen-bond donors (Lipinski definition) is 3. The van der Waals surface area contributed by atoms with E-state index in [4.69, 9.17) is 5.84 Å². The molecule has 0 bridgehead atoms. The van der Waals surface area contributed by atoms with Crippen LogP contribution in [0.1, 0.15) is 27.7 Å². The molecule has 1 aliphatic rings. The molecule has 0 amide bonds. The normalized spacial score (nSPS) is 21.1. The Hall–Kier alpha value is -0.880. The van der Waals surface area contributed by atoms with Crippen molar-refractivity contribution < 1.29 is 0 Å². The molecule has 0 atom stereocenters. The van der Waals surface area contributed by atoms with E-state index in [0.717, 1.165) is 10.3 Å². The Balaban J connectivity index is 2.22. The van der Waals surface area contributed by atoms with Gasteiger partial charge in [0.2, 0.25) is 0 Å². The molecule has 5 nitrogen and oxygen atoms in total. The Morgan fingerprint density at radius 3 is 2.18 bits per heavy atom. The van der Waals surface area contributed by atoms with Crippen LogP contribution in [0.25, 0.3) is 0 Å². The summed E-state index contributed by atoms with van der Waals surface area (Å²) in [7, 11) is 0. The molecule has 1 aromatic heterocycles. The predicted molar refractivity (Wildman–Crippen MR) is 72.5 cm³/mol. The van der Waals surface area contributed by atoms with Gasteiger partial charge in [0.05, 0.1) is 0 Å². The molecular formula is C11H18BrN5. The molecule has 1 fully saturated rings.